The van der Waals surface area contributed by atoms with Gasteiger partial charge in [0, 0.05) is 32.8 Å². The molecule has 0 spiro atoms. The summed E-state index contributed by atoms with van der Waals surface area (Å²) in [6.07, 6.45) is 1.63. The monoisotopic (exact) mass is 263 g/mol. The minimum Gasteiger partial charge on any atom is -0.361 e. The molecule has 0 saturated heterocycles. The zero-order valence-corrected chi connectivity index (χ0v) is 9.83. The van der Waals surface area contributed by atoms with E-state index in [0.29, 0.717) is 10.6 Å². The minimum atomic E-state index is -3.53. The lowest BCUT2D eigenvalue weighted by atomic mass is 10.2. The lowest BCUT2D eigenvalue weighted by molar-refractivity contribution is 0.609. The van der Waals surface area contributed by atoms with E-state index in [1.54, 1.807) is 24.4 Å². The van der Waals surface area contributed by atoms with Gasteiger partial charge in [0.1, 0.15) is 0 Å². The molecule has 2 aromatic rings. The molecule has 15 heavy (non-hydrogen) atoms. The van der Waals surface area contributed by atoms with Crippen LogP contribution in [0.5, 0.6) is 0 Å². The van der Waals surface area contributed by atoms with Gasteiger partial charge in [-0.05, 0) is 17.7 Å². The number of benzene rings is 1. The molecule has 1 aromatic heterocycles. The Morgan fingerprint density at radius 1 is 1.33 bits per heavy atom. The molecule has 0 radical (unpaired) electrons. The van der Waals surface area contributed by atoms with Gasteiger partial charge in [0.15, 0.2) is 0 Å². The highest BCUT2D eigenvalue weighted by Crippen LogP contribution is 2.24. The Morgan fingerprint density at radius 3 is 2.73 bits per heavy atom. The quantitative estimate of drug-likeness (QED) is 0.848. The normalized spacial score (nSPS) is 12.1. The van der Waals surface area contributed by atoms with Crippen LogP contribution in [0.15, 0.2) is 24.4 Å². The maximum atomic E-state index is 10.9. The number of aromatic nitrogens is 1. The number of hydrogen-bond acceptors (Lipinski definition) is 2. The minimum absolute atomic E-state index is 0.184. The van der Waals surface area contributed by atoms with Crippen molar-refractivity contribution in [2.45, 2.75) is 5.75 Å². The Bertz CT molecular complexity index is 604. The first-order valence-corrected chi connectivity index (χ1v) is 6.99. The summed E-state index contributed by atoms with van der Waals surface area (Å²) in [7, 11) is 1.66. The molecule has 0 atom stereocenters. The van der Waals surface area contributed by atoms with Gasteiger partial charge in [-0.25, -0.2) is 8.42 Å². The van der Waals surface area contributed by atoms with Gasteiger partial charge in [-0.2, -0.15) is 0 Å². The summed E-state index contributed by atoms with van der Waals surface area (Å²) < 4.78 is 21.9. The molecule has 1 N–H and O–H groups in total. The van der Waals surface area contributed by atoms with Crippen molar-refractivity contribution in [2.75, 3.05) is 0 Å². The van der Waals surface area contributed by atoms with Crippen molar-refractivity contribution in [1.82, 2.24) is 4.98 Å². The molecule has 0 bridgehead atoms. The Hall–Kier alpha value is -0.710. The maximum absolute atomic E-state index is 10.9. The van der Waals surface area contributed by atoms with Crippen LogP contribution >= 0.6 is 22.3 Å². The Labute approximate surface area is 96.4 Å². The SMILES string of the molecule is O=S(=O)(Cl)Cc1c[nH]c2cc(Cl)ccc12. The van der Waals surface area contributed by atoms with Crippen LogP contribution in [-0.4, -0.2) is 13.4 Å². The molecule has 1 heterocycles. The summed E-state index contributed by atoms with van der Waals surface area (Å²) in [6, 6.07) is 5.22. The predicted octanol–water partition coefficient (Wildman–Crippen LogP) is 2.89. The molecule has 80 valence electrons. The van der Waals surface area contributed by atoms with E-state index in [9.17, 15) is 8.42 Å². The summed E-state index contributed by atoms with van der Waals surface area (Å²) in [5.74, 6) is -0.184. The van der Waals surface area contributed by atoms with E-state index < -0.39 is 9.05 Å². The zero-order chi connectivity index (χ0) is 11.1. The summed E-state index contributed by atoms with van der Waals surface area (Å²) in [6.45, 7) is 0. The number of aromatic amines is 1. The second-order valence-corrected chi connectivity index (χ2v) is 6.40. The number of halogens is 2. The van der Waals surface area contributed by atoms with Gasteiger partial charge in [0.05, 0.1) is 5.75 Å². The fraction of sp³-hybridized carbons (Fsp3) is 0.111. The standard InChI is InChI=1S/C9H7Cl2NO2S/c10-7-1-2-8-6(5-15(11,13)14)4-12-9(8)3-7/h1-4,12H,5H2. The van der Waals surface area contributed by atoms with E-state index in [4.69, 9.17) is 22.3 Å². The van der Waals surface area contributed by atoms with Gasteiger partial charge in [-0.15, -0.1) is 0 Å². The van der Waals surface area contributed by atoms with E-state index in [2.05, 4.69) is 4.98 Å². The topological polar surface area (TPSA) is 49.9 Å². The summed E-state index contributed by atoms with van der Waals surface area (Å²) >= 11 is 5.80. The third-order valence-corrected chi connectivity index (χ3v) is 3.28. The molecule has 3 nitrogen and oxygen atoms in total. The highest BCUT2D eigenvalue weighted by atomic mass is 35.7. The van der Waals surface area contributed by atoms with Gasteiger partial charge in [0.2, 0.25) is 9.05 Å². The van der Waals surface area contributed by atoms with Gasteiger partial charge >= 0.3 is 0 Å². The van der Waals surface area contributed by atoms with Crippen molar-refractivity contribution >= 4 is 42.2 Å². The molecule has 0 aliphatic rings. The molecule has 0 amide bonds. The van der Waals surface area contributed by atoms with Crippen LogP contribution in [0.1, 0.15) is 5.56 Å². The molecule has 1 aromatic carbocycles. The Kier molecular flexibility index (Phi) is 2.66. The lowest BCUT2D eigenvalue weighted by Gasteiger charge is -1.95. The van der Waals surface area contributed by atoms with Crippen molar-refractivity contribution in [3.05, 3.63) is 35.0 Å². The van der Waals surface area contributed by atoms with Crippen molar-refractivity contribution in [3.8, 4) is 0 Å². The molecule has 0 saturated carbocycles. The molecule has 0 aliphatic heterocycles. The van der Waals surface area contributed by atoms with E-state index in [1.807, 2.05) is 0 Å². The van der Waals surface area contributed by atoms with Crippen LogP contribution in [-0.2, 0) is 14.8 Å². The Morgan fingerprint density at radius 2 is 2.07 bits per heavy atom. The lowest BCUT2D eigenvalue weighted by Crippen LogP contribution is -1.93. The van der Waals surface area contributed by atoms with Gasteiger partial charge in [0.25, 0.3) is 0 Å². The summed E-state index contributed by atoms with van der Waals surface area (Å²) in [4.78, 5) is 2.94. The largest absolute Gasteiger partial charge is 0.361 e. The smallest absolute Gasteiger partial charge is 0.236 e. The molecule has 6 heteroatoms. The highest BCUT2D eigenvalue weighted by Gasteiger charge is 2.11. The number of hydrogen-bond donors (Lipinski definition) is 1. The van der Waals surface area contributed by atoms with E-state index in [-0.39, 0.29) is 5.75 Å². The van der Waals surface area contributed by atoms with E-state index >= 15 is 0 Å². The first kappa shape index (κ1) is 10.8. The average molecular weight is 264 g/mol. The van der Waals surface area contributed by atoms with Crippen molar-refractivity contribution < 1.29 is 8.42 Å². The third kappa shape index (κ3) is 2.45. The second kappa shape index (κ2) is 3.70. The number of rotatable bonds is 2. The van der Waals surface area contributed by atoms with Crippen LogP contribution in [0.25, 0.3) is 10.9 Å². The fourth-order valence-electron chi connectivity index (χ4n) is 1.46. The first-order chi connectivity index (χ1) is 6.96. The van der Waals surface area contributed by atoms with Crippen molar-refractivity contribution in [2.24, 2.45) is 0 Å². The molecule has 2 rings (SSSR count). The molecule has 0 unspecified atom stereocenters. The van der Waals surface area contributed by atoms with Gasteiger partial charge in [-0.1, -0.05) is 17.7 Å². The molecular formula is C9H7Cl2NO2S. The maximum Gasteiger partial charge on any atom is 0.236 e. The van der Waals surface area contributed by atoms with Crippen LogP contribution in [0.2, 0.25) is 5.02 Å². The van der Waals surface area contributed by atoms with Crippen molar-refractivity contribution in [1.29, 1.82) is 0 Å². The van der Waals surface area contributed by atoms with Crippen LogP contribution < -0.4 is 0 Å². The average Bonchev–Trinajstić information content (AvgIpc) is 2.45. The fourth-order valence-corrected chi connectivity index (χ4v) is 2.60. The zero-order valence-electron chi connectivity index (χ0n) is 7.50. The number of nitrogens with one attached hydrogen (secondary N) is 1. The van der Waals surface area contributed by atoms with Crippen LogP contribution in [0.4, 0.5) is 0 Å². The summed E-state index contributed by atoms with van der Waals surface area (Å²) in [5.41, 5.74) is 1.45. The molecule has 0 aliphatic carbocycles. The first-order valence-electron chi connectivity index (χ1n) is 4.13. The Balaban J connectivity index is 2.55. The van der Waals surface area contributed by atoms with Gasteiger partial charge in [-0.3, -0.25) is 0 Å². The van der Waals surface area contributed by atoms with E-state index in [1.165, 1.54) is 0 Å². The molecule has 0 fully saturated rings. The van der Waals surface area contributed by atoms with Crippen LogP contribution in [0.3, 0.4) is 0 Å². The summed E-state index contributed by atoms with van der Waals surface area (Å²) in [5, 5.41) is 1.42. The van der Waals surface area contributed by atoms with Crippen LogP contribution in [0, 0.1) is 0 Å². The number of fused-ring (bicyclic) bond motifs is 1. The highest BCUT2D eigenvalue weighted by molar-refractivity contribution is 8.13. The second-order valence-electron chi connectivity index (χ2n) is 3.19. The van der Waals surface area contributed by atoms with E-state index in [0.717, 1.165) is 10.9 Å². The predicted molar refractivity (Wildman–Crippen MR) is 61.8 cm³/mol. The van der Waals surface area contributed by atoms with Crippen molar-refractivity contribution in [3.63, 3.8) is 0 Å². The third-order valence-electron chi connectivity index (χ3n) is 2.06. The van der Waals surface area contributed by atoms with Gasteiger partial charge < -0.3 is 4.98 Å². The molecular weight excluding hydrogens is 257 g/mol. The number of H-pyrrole nitrogens is 1.